The Balaban J connectivity index is 1.44. The van der Waals surface area contributed by atoms with E-state index in [-0.39, 0.29) is 17.7 Å². The Morgan fingerprint density at radius 1 is 1.12 bits per heavy atom. The minimum atomic E-state index is -2.64. The number of hydrogen-bond donors (Lipinski definition) is 0. The van der Waals surface area contributed by atoms with Crippen molar-refractivity contribution in [3.8, 4) is 11.1 Å². The Hall–Kier alpha value is -3.47. The van der Waals surface area contributed by atoms with E-state index in [4.69, 9.17) is 14.6 Å². The molecule has 3 aliphatic rings. The summed E-state index contributed by atoms with van der Waals surface area (Å²) < 4.78 is 44.3. The van der Waals surface area contributed by atoms with Crippen molar-refractivity contribution in [2.75, 3.05) is 31.2 Å². The van der Waals surface area contributed by atoms with E-state index in [1.54, 1.807) is 35.1 Å². The number of ether oxygens (including phenoxy) is 2. The van der Waals surface area contributed by atoms with Crippen molar-refractivity contribution in [1.82, 2.24) is 24.5 Å². The van der Waals surface area contributed by atoms with Crippen molar-refractivity contribution in [2.24, 2.45) is 7.05 Å². The second-order valence-corrected chi connectivity index (χ2v) is 12.6. The number of anilines is 2. The highest BCUT2D eigenvalue weighted by Gasteiger charge is 2.35. The summed E-state index contributed by atoms with van der Waals surface area (Å²) in [6, 6.07) is 3.73. The van der Waals surface area contributed by atoms with Crippen LogP contribution in [0.5, 0.6) is 0 Å². The van der Waals surface area contributed by atoms with Crippen LogP contribution in [0, 0.1) is 0 Å². The van der Waals surface area contributed by atoms with Gasteiger partial charge in [0.25, 0.3) is 6.43 Å². The molecule has 1 unspecified atom stereocenters. The van der Waals surface area contributed by atoms with Crippen LogP contribution in [0.1, 0.15) is 81.3 Å². The van der Waals surface area contributed by atoms with Gasteiger partial charge in [0.05, 0.1) is 18.8 Å². The van der Waals surface area contributed by atoms with Crippen LogP contribution in [-0.2, 0) is 35.9 Å². The van der Waals surface area contributed by atoms with E-state index in [1.807, 2.05) is 26.8 Å². The summed E-state index contributed by atoms with van der Waals surface area (Å²) in [5.41, 5.74) is 4.43. The van der Waals surface area contributed by atoms with Crippen LogP contribution in [0.2, 0.25) is 0 Å². The number of aromatic nitrogens is 4. The standard InChI is InChI=1S/C31H40F2N6O3/c1-31(2,3)42-30(40)37-12-9-26-25(19-37)29(35-39(26)22-8-6-13-41-14-10-22)38-11-5-7-20-15-23(21-17-34-36(4)18-21)24(28(32)33)16-27(20)38/h15-18,22,28H,5-14,19H2,1-4H3. The number of fused-ring (bicyclic) bond motifs is 2. The molecular formula is C31H40F2N6O3. The Kier molecular flexibility index (Phi) is 7.72. The van der Waals surface area contributed by atoms with Crippen LogP contribution in [0.3, 0.4) is 0 Å². The Bertz CT molecular complexity index is 1450. The Labute approximate surface area is 245 Å². The third-order valence-corrected chi connectivity index (χ3v) is 8.36. The van der Waals surface area contributed by atoms with Crippen molar-refractivity contribution in [2.45, 2.75) is 83.9 Å². The third-order valence-electron chi connectivity index (χ3n) is 8.36. The van der Waals surface area contributed by atoms with Crippen molar-refractivity contribution < 1.29 is 23.0 Å². The average molecular weight is 583 g/mol. The summed E-state index contributed by atoms with van der Waals surface area (Å²) in [6.45, 7) is 8.58. The fraction of sp³-hybridized carbons (Fsp3) is 0.581. The number of carbonyl (C=O) groups is 1. The molecule has 0 saturated carbocycles. The first-order valence-electron chi connectivity index (χ1n) is 15.0. The second kappa shape index (κ2) is 11.3. The molecule has 11 heteroatoms. The van der Waals surface area contributed by atoms with E-state index in [2.05, 4.69) is 14.7 Å². The van der Waals surface area contributed by atoms with E-state index in [0.717, 1.165) is 67.0 Å². The zero-order valence-electron chi connectivity index (χ0n) is 24.9. The minimum absolute atomic E-state index is 0.0155. The normalized spacial score (nSPS) is 19.5. The van der Waals surface area contributed by atoms with Crippen LogP contribution in [-0.4, -0.2) is 62.5 Å². The van der Waals surface area contributed by atoms with Gasteiger partial charge in [-0.2, -0.15) is 10.2 Å². The maximum Gasteiger partial charge on any atom is 0.410 e. The molecule has 6 rings (SSSR count). The van der Waals surface area contributed by atoms with E-state index < -0.39 is 12.0 Å². The molecule has 226 valence electrons. The quantitative estimate of drug-likeness (QED) is 0.357. The molecule has 0 N–H and O–H groups in total. The van der Waals surface area contributed by atoms with Crippen molar-refractivity contribution in [3.63, 3.8) is 0 Å². The fourth-order valence-electron chi connectivity index (χ4n) is 6.42. The molecule has 3 aliphatic heterocycles. The number of carbonyl (C=O) groups excluding carboxylic acids is 1. The van der Waals surface area contributed by atoms with Gasteiger partial charge in [-0.1, -0.05) is 0 Å². The molecule has 1 saturated heterocycles. The number of halogens is 2. The summed E-state index contributed by atoms with van der Waals surface area (Å²) in [5.74, 6) is 0.749. The molecule has 0 aliphatic carbocycles. The molecule has 1 aromatic carbocycles. The smallest absolute Gasteiger partial charge is 0.410 e. The van der Waals surface area contributed by atoms with Gasteiger partial charge in [-0.3, -0.25) is 9.36 Å². The summed E-state index contributed by atoms with van der Waals surface area (Å²) in [6.07, 6.45) is 5.50. The Morgan fingerprint density at radius 2 is 1.95 bits per heavy atom. The van der Waals surface area contributed by atoms with Crippen LogP contribution in [0.25, 0.3) is 11.1 Å². The van der Waals surface area contributed by atoms with Gasteiger partial charge in [-0.15, -0.1) is 0 Å². The zero-order valence-corrected chi connectivity index (χ0v) is 24.9. The van der Waals surface area contributed by atoms with Gasteiger partial charge in [-0.25, -0.2) is 13.6 Å². The lowest BCUT2D eigenvalue weighted by Crippen LogP contribution is -2.40. The summed E-state index contributed by atoms with van der Waals surface area (Å²) >= 11 is 0. The topological polar surface area (TPSA) is 77.7 Å². The van der Waals surface area contributed by atoms with E-state index in [0.29, 0.717) is 43.8 Å². The molecule has 2 aromatic heterocycles. The number of hydrogen-bond acceptors (Lipinski definition) is 6. The average Bonchev–Trinajstić information content (AvgIpc) is 3.44. The number of benzene rings is 1. The predicted octanol–water partition coefficient (Wildman–Crippen LogP) is 6.34. The number of aryl methyl sites for hydroxylation is 2. The maximum absolute atomic E-state index is 14.5. The van der Waals surface area contributed by atoms with Crippen LogP contribution >= 0.6 is 0 Å². The van der Waals surface area contributed by atoms with Gasteiger partial charge in [0.15, 0.2) is 5.82 Å². The van der Waals surface area contributed by atoms with Gasteiger partial charge >= 0.3 is 6.09 Å². The first-order valence-corrected chi connectivity index (χ1v) is 15.0. The predicted molar refractivity (Wildman–Crippen MR) is 155 cm³/mol. The maximum atomic E-state index is 14.5. The number of alkyl halides is 2. The number of amides is 1. The monoisotopic (exact) mass is 582 g/mol. The summed E-state index contributed by atoms with van der Waals surface area (Å²) in [4.78, 5) is 16.9. The zero-order chi connectivity index (χ0) is 29.6. The van der Waals surface area contributed by atoms with Crippen molar-refractivity contribution in [3.05, 3.63) is 46.9 Å². The molecule has 0 bridgehead atoms. The molecule has 9 nitrogen and oxygen atoms in total. The van der Waals surface area contributed by atoms with Gasteiger partial charge in [0, 0.05) is 74.0 Å². The van der Waals surface area contributed by atoms with Crippen LogP contribution < -0.4 is 4.90 Å². The largest absolute Gasteiger partial charge is 0.444 e. The molecule has 1 atom stereocenters. The summed E-state index contributed by atoms with van der Waals surface area (Å²) in [7, 11) is 1.78. The molecule has 1 fully saturated rings. The van der Waals surface area contributed by atoms with Crippen LogP contribution in [0.4, 0.5) is 25.1 Å². The van der Waals surface area contributed by atoms with Gasteiger partial charge in [-0.05, 0) is 76.1 Å². The highest BCUT2D eigenvalue weighted by atomic mass is 19.3. The van der Waals surface area contributed by atoms with Gasteiger partial charge in [0.1, 0.15) is 5.60 Å². The number of rotatable bonds is 4. The lowest BCUT2D eigenvalue weighted by atomic mass is 9.92. The van der Waals surface area contributed by atoms with E-state index >= 15 is 0 Å². The highest BCUT2D eigenvalue weighted by Crippen LogP contribution is 2.43. The molecule has 42 heavy (non-hydrogen) atoms. The lowest BCUT2D eigenvalue weighted by Gasteiger charge is -2.34. The minimum Gasteiger partial charge on any atom is -0.444 e. The SMILES string of the molecule is Cn1cc(-c2cc3c(cc2C(F)F)N(c2nn(C4CCCOCC4)c4c2CN(C(=O)OC(C)(C)C)CC4)CCC3)cn1. The first kappa shape index (κ1) is 28.6. The molecular weight excluding hydrogens is 542 g/mol. The van der Waals surface area contributed by atoms with E-state index in [1.165, 1.54) is 0 Å². The molecule has 0 spiro atoms. The van der Waals surface area contributed by atoms with Crippen LogP contribution in [0.15, 0.2) is 24.5 Å². The molecule has 0 radical (unpaired) electrons. The first-order chi connectivity index (χ1) is 20.1. The van der Waals surface area contributed by atoms with Crippen molar-refractivity contribution >= 4 is 17.6 Å². The summed E-state index contributed by atoms with van der Waals surface area (Å²) in [5, 5.41) is 9.42. The van der Waals surface area contributed by atoms with Crippen molar-refractivity contribution in [1.29, 1.82) is 0 Å². The molecule has 3 aromatic rings. The van der Waals surface area contributed by atoms with Gasteiger partial charge < -0.3 is 19.3 Å². The highest BCUT2D eigenvalue weighted by molar-refractivity contribution is 5.77. The second-order valence-electron chi connectivity index (χ2n) is 12.6. The van der Waals surface area contributed by atoms with Gasteiger partial charge in [0.2, 0.25) is 0 Å². The molecule has 1 amide bonds. The molecule has 5 heterocycles. The van der Waals surface area contributed by atoms with E-state index in [9.17, 15) is 13.6 Å². The number of nitrogens with zero attached hydrogens (tertiary/aromatic N) is 6. The lowest BCUT2D eigenvalue weighted by molar-refractivity contribution is 0.0222. The Morgan fingerprint density at radius 3 is 2.69 bits per heavy atom. The third kappa shape index (κ3) is 5.63. The fourth-order valence-corrected chi connectivity index (χ4v) is 6.42.